The van der Waals surface area contributed by atoms with E-state index in [9.17, 15) is 4.79 Å². The average Bonchev–Trinajstić information content (AvgIpc) is 3.53. The number of carbonyl (C=O) groups is 1. The van der Waals surface area contributed by atoms with Gasteiger partial charge in [0.25, 0.3) is 0 Å². The minimum Gasteiger partial charge on any atom is -0.378 e. The molecule has 4 heteroatoms. The zero-order chi connectivity index (χ0) is 18.8. The molecule has 2 aliphatic rings. The lowest BCUT2D eigenvalue weighted by atomic mass is 9.96. The number of rotatable bonds is 6. The summed E-state index contributed by atoms with van der Waals surface area (Å²) in [5.74, 6) is 0.478. The zero-order valence-electron chi connectivity index (χ0n) is 16.3. The summed E-state index contributed by atoms with van der Waals surface area (Å²) in [6.45, 7) is 2.64. The van der Waals surface area contributed by atoms with Crippen LogP contribution in [0.5, 0.6) is 0 Å². The molecule has 0 unspecified atom stereocenters. The van der Waals surface area contributed by atoms with Crippen LogP contribution in [0.1, 0.15) is 35.6 Å². The summed E-state index contributed by atoms with van der Waals surface area (Å²) in [4.78, 5) is 16.9. The minimum absolute atomic E-state index is 0.206. The van der Waals surface area contributed by atoms with Crippen molar-refractivity contribution in [2.75, 3.05) is 32.1 Å². The maximum atomic E-state index is 12.2. The molecule has 1 amide bonds. The maximum absolute atomic E-state index is 12.2. The number of hydrogen-bond acceptors (Lipinski definition) is 3. The Morgan fingerprint density at radius 3 is 2.48 bits per heavy atom. The van der Waals surface area contributed by atoms with Gasteiger partial charge in [0.2, 0.25) is 5.91 Å². The quantitative estimate of drug-likeness (QED) is 0.855. The van der Waals surface area contributed by atoms with Crippen LogP contribution in [0.3, 0.4) is 0 Å². The van der Waals surface area contributed by atoms with Gasteiger partial charge in [-0.15, -0.1) is 0 Å². The van der Waals surface area contributed by atoms with Crippen LogP contribution in [0.25, 0.3) is 0 Å². The molecule has 0 bridgehead atoms. The van der Waals surface area contributed by atoms with Crippen molar-refractivity contribution in [3.05, 3.63) is 65.2 Å². The molecule has 1 saturated carbocycles. The Bertz CT molecular complexity index is 796. The van der Waals surface area contributed by atoms with Crippen LogP contribution in [0.2, 0.25) is 0 Å². The molecule has 4 rings (SSSR count). The lowest BCUT2D eigenvalue weighted by molar-refractivity contribution is -0.122. The highest BCUT2D eigenvalue weighted by Gasteiger charge is 2.31. The smallest absolute Gasteiger partial charge is 0.223 e. The highest BCUT2D eigenvalue weighted by atomic mass is 16.2. The van der Waals surface area contributed by atoms with Crippen molar-refractivity contribution in [2.45, 2.75) is 31.8 Å². The van der Waals surface area contributed by atoms with Gasteiger partial charge in [-0.05, 0) is 48.1 Å². The third-order valence-electron chi connectivity index (χ3n) is 5.81. The molecule has 0 spiro atoms. The van der Waals surface area contributed by atoms with E-state index in [2.05, 4.69) is 77.7 Å². The Labute approximate surface area is 162 Å². The Balaban J connectivity index is 1.54. The number of nitrogens with zero attached hydrogens (tertiary/aromatic N) is 2. The lowest BCUT2D eigenvalue weighted by Crippen LogP contribution is -2.41. The molecule has 1 aliphatic heterocycles. The van der Waals surface area contributed by atoms with E-state index in [1.54, 1.807) is 0 Å². The summed E-state index contributed by atoms with van der Waals surface area (Å²) in [5.41, 5.74) is 5.34. The Morgan fingerprint density at radius 1 is 1.11 bits per heavy atom. The fraction of sp³-hybridized carbons (Fsp3) is 0.435. The number of anilines is 1. The fourth-order valence-corrected chi connectivity index (χ4v) is 3.92. The largest absolute Gasteiger partial charge is 0.378 e. The van der Waals surface area contributed by atoms with Gasteiger partial charge in [-0.1, -0.05) is 36.4 Å². The number of amides is 1. The van der Waals surface area contributed by atoms with Gasteiger partial charge in [-0.25, -0.2) is 0 Å². The van der Waals surface area contributed by atoms with Crippen molar-refractivity contribution in [3.8, 4) is 0 Å². The third kappa shape index (κ3) is 4.16. The van der Waals surface area contributed by atoms with Gasteiger partial charge in [0.1, 0.15) is 0 Å². The second-order valence-electron chi connectivity index (χ2n) is 8.01. The fourth-order valence-electron chi connectivity index (χ4n) is 3.92. The van der Waals surface area contributed by atoms with Gasteiger partial charge in [0.05, 0.1) is 6.04 Å². The van der Waals surface area contributed by atoms with Crippen molar-refractivity contribution in [1.29, 1.82) is 0 Å². The molecule has 0 saturated heterocycles. The highest BCUT2D eigenvalue weighted by Crippen LogP contribution is 2.31. The van der Waals surface area contributed by atoms with E-state index in [4.69, 9.17) is 0 Å². The van der Waals surface area contributed by atoms with Crippen molar-refractivity contribution < 1.29 is 4.79 Å². The Hall–Kier alpha value is -2.33. The van der Waals surface area contributed by atoms with Gasteiger partial charge < -0.3 is 10.2 Å². The van der Waals surface area contributed by atoms with Crippen molar-refractivity contribution >= 4 is 11.6 Å². The summed E-state index contributed by atoms with van der Waals surface area (Å²) in [6.07, 6.45) is 3.16. The Morgan fingerprint density at radius 2 is 1.81 bits per heavy atom. The molecule has 1 aliphatic carbocycles. The van der Waals surface area contributed by atoms with Crippen LogP contribution in [-0.2, 0) is 17.8 Å². The number of nitrogens with one attached hydrogen (secondary N) is 1. The summed E-state index contributed by atoms with van der Waals surface area (Å²) >= 11 is 0. The zero-order valence-corrected chi connectivity index (χ0v) is 16.3. The first-order valence-corrected chi connectivity index (χ1v) is 9.97. The van der Waals surface area contributed by atoms with E-state index in [1.807, 2.05) is 0 Å². The lowest BCUT2D eigenvalue weighted by Gasteiger charge is -2.36. The predicted octanol–water partition coefficient (Wildman–Crippen LogP) is 3.38. The predicted molar refractivity (Wildman–Crippen MR) is 110 cm³/mol. The molecule has 1 fully saturated rings. The highest BCUT2D eigenvalue weighted by molar-refractivity contribution is 5.80. The summed E-state index contributed by atoms with van der Waals surface area (Å²) in [7, 11) is 4.12. The monoisotopic (exact) mass is 363 g/mol. The second-order valence-corrected chi connectivity index (χ2v) is 8.01. The van der Waals surface area contributed by atoms with Crippen molar-refractivity contribution in [1.82, 2.24) is 10.2 Å². The normalized spacial score (nSPS) is 17.9. The molecule has 142 valence electrons. The van der Waals surface area contributed by atoms with Gasteiger partial charge in [-0.3, -0.25) is 9.69 Å². The first kappa shape index (κ1) is 18.1. The molecule has 0 aromatic heterocycles. The van der Waals surface area contributed by atoms with Crippen LogP contribution >= 0.6 is 0 Å². The molecule has 4 nitrogen and oxygen atoms in total. The second kappa shape index (κ2) is 7.73. The third-order valence-corrected chi connectivity index (χ3v) is 5.81. The van der Waals surface area contributed by atoms with Crippen molar-refractivity contribution in [2.24, 2.45) is 5.92 Å². The first-order valence-electron chi connectivity index (χ1n) is 9.97. The molecule has 2 aromatic carbocycles. The van der Waals surface area contributed by atoms with Crippen LogP contribution in [0, 0.1) is 5.92 Å². The summed E-state index contributed by atoms with van der Waals surface area (Å²) in [5, 5.41) is 3.21. The van der Waals surface area contributed by atoms with Gasteiger partial charge in [0, 0.05) is 45.3 Å². The summed E-state index contributed by atoms with van der Waals surface area (Å²) in [6, 6.07) is 17.7. The number of fused-ring (bicyclic) bond motifs is 1. The van der Waals surface area contributed by atoms with E-state index in [0.717, 1.165) is 32.4 Å². The molecular weight excluding hydrogens is 334 g/mol. The SMILES string of the molecule is CN(C)c1ccc([C@H](CNC(=O)C2CC2)N2CCc3ccccc3C2)cc1. The molecule has 1 heterocycles. The van der Waals surface area contributed by atoms with Gasteiger partial charge in [-0.2, -0.15) is 0 Å². The summed E-state index contributed by atoms with van der Waals surface area (Å²) < 4.78 is 0. The molecule has 1 atom stereocenters. The van der Waals surface area contributed by atoms with E-state index >= 15 is 0 Å². The van der Waals surface area contributed by atoms with Crippen LogP contribution in [-0.4, -0.2) is 38.0 Å². The van der Waals surface area contributed by atoms with E-state index in [1.165, 1.54) is 22.4 Å². The van der Waals surface area contributed by atoms with Crippen LogP contribution in [0.4, 0.5) is 5.69 Å². The number of benzene rings is 2. The van der Waals surface area contributed by atoms with E-state index in [-0.39, 0.29) is 17.9 Å². The average molecular weight is 364 g/mol. The van der Waals surface area contributed by atoms with Crippen LogP contribution in [0.15, 0.2) is 48.5 Å². The van der Waals surface area contributed by atoms with E-state index in [0.29, 0.717) is 6.54 Å². The number of hydrogen-bond donors (Lipinski definition) is 1. The number of carbonyl (C=O) groups excluding carboxylic acids is 1. The van der Waals surface area contributed by atoms with Crippen molar-refractivity contribution in [3.63, 3.8) is 0 Å². The van der Waals surface area contributed by atoms with Gasteiger partial charge >= 0.3 is 0 Å². The first-order chi connectivity index (χ1) is 13.1. The van der Waals surface area contributed by atoms with Gasteiger partial charge in [0.15, 0.2) is 0 Å². The molecule has 0 radical (unpaired) electrons. The maximum Gasteiger partial charge on any atom is 0.223 e. The Kier molecular flexibility index (Phi) is 5.17. The molecule has 1 N–H and O–H groups in total. The molecular formula is C23H29N3O. The van der Waals surface area contributed by atoms with E-state index < -0.39 is 0 Å². The topological polar surface area (TPSA) is 35.6 Å². The minimum atomic E-state index is 0.206. The molecule has 2 aromatic rings. The standard InChI is InChI=1S/C23H29N3O/c1-25(2)21-11-9-18(10-12-21)22(15-24-23(27)19-7-8-19)26-14-13-17-5-3-4-6-20(17)16-26/h3-6,9-12,19,22H,7-8,13-16H2,1-2H3,(H,24,27)/t22-/m0/s1. The molecule has 27 heavy (non-hydrogen) atoms. The van der Waals surface area contributed by atoms with Crippen LogP contribution < -0.4 is 10.2 Å².